The molecule has 2 rings (SSSR count). The highest BCUT2D eigenvalue weighted by Crippen LogP contribution is 2.18. The number of hydrogen-bond acceptors (Lipinski definition) is 3. The fourth-order valence-electron chi connectivity index (χ4n) is 3.55. The summed E-state index contributed by atoms with van der Waals surface area (Å²) in [4.78, 5) is 31.2. The number of carbonyl (C=O) groups excluding carboxylic acids is 2. The number of rotatable bonds is 9. The zero-order chi connectivity index (χ0) is 20.7. The monoisotopic (exact) mass is 384 g/mol. The molecule has 28 heavy (non-hydrogen) atoms. The quantitative estimate of drug-likeness (QED) is 0.533. The molecule has 0 saturated heterocycles. The molecular formula is C22H32N4O2. The van der Waals surface area contributed by atoms with Crippen molar-refractivity contribution in [3.05, 3.63) is 42.2 Å². The number of benzene rings is 1. The second-order valence-corrected chi connectivity index (χ2v) is 7.49. The van der Waals surface area contributed by atoms with Crippen molar-refractivity contribution in [2.75, 3.05) is 6.54 Å². The summed E-state index contributed by atoms with van der Waals surface area (Å²) in [5.41, 5.74) is 1.86. The molecule has 6 nitrogen and oxygen atoms in total. The lowest BCUT2D eigenvalue weighted by molar-refractivity contribution is -0.135. The maximum Gasteiger partial charge on any atom is 0.243 e. The van der Waals surface area contributed by atoms with E-state index in [0.717, 1.165) is 23.3 Å². The lowest BCUT2D eigenvalue weighted by atomic mass is 10.2. The topological polar surface area (TPSA) is 67.2 Å². The smallest absolute Gasteiger partial charge is 0.243 e. The van der Waals surface area contributed by atoms with Crippen LogP contribution in [0.25, 0.3) is 11.0 Å². The number of allylic oxidation sites excluding steroid dienone is 1. The van der Waals surface area contributed by atoms with Gasteiger partial charge in [0.05, 0.1) is 11.0 Å². The van der Waals surface area contributed by atoms with Gasteiger partial charge in [0.2, 0.25) is 11.8 Å². The zero-order valence-electron chi connectivity index (χ0n) is 17.6. The second kappa shape index (κ2) is 10.1. The highest BCUT2D eigenvalue weighted by Gasteiger charge is 2.22. The molecule has 0 radical (unpaired) electrons. The van der Waals surface area contributed by atoms with E-state index < -0.39 is 0 Å². The summed E-state index contributed by atoms with van der Waals surface area (Å²) in [6.45, 7) is 10.8. The van der Waals surface area contributed by atoms with Gasteiger partial charge in [-0.25, -0.2) is 4.98 Å². The first-order chi connectivity index (χ1) is 13.3. The summed E-state index contributed by atoms with van der Waals surface area (Å²) in [6.07, 6.45) is 4.69. The largest absolute Gasteiger partial charge is 0.353 e. The van der Waals surface area contributed by atoms with Crippen molar-refractivity contribution in [2.24, 2.45) is 0 Å². The van der Waals surface area contributed by atoms with Crippen LogP contribution in [-0.2, 0) is 22.6 Å². The molecule has 152 valence electrons. The van der Waals surface area contributed by atoms with E-state index in [1.165, 1.54) is 6.08 Å². The molecule has 1 aromatic carbocycles. The van der Waals surface area contributed by atoms with Crippen molar-refractivity contribution in [3.63, 3.8) is 0 Å². The number of para-hydroxylation sites is 2. The van der Waals surface area contributed by atoms with Gasteiger partial charge in [-0.1, -0.05) is 18.2 Å². The lowest BCUT2D eigenvalue weighted by Crippen LogP contribution is -2.43. The molecule has 0 saturated carbocycles. The fraction of sp³-hybridized carbons (Fsp3) is 0.500. The molecule has 1 heterocycles. The van der Waals surface area contributed by atoms with Gasteiger partial charge in [-0.2, -0.15) is 0 Å². The Labute approximate surface area is 167 Å². The Bertz CT molecular complexity index is 828. The van der Waals surface area contributed by atoms with Crippen LogP contribution in [0.1, 0.15) is 46.9 Å². The Hall–Kier alpha value is -2.63. The number of imidazole rings is 1. The molecule has 2 amide bonds. The number of hydrogen-bond donors (Lipinski definition) is 1. The van der Waals surface area contributed by atoms with Crippen LogP contribution in [0.4, 0.5) is 0 Å². The van der Waals surface area contributed by atoms with Crippen LogP contribution in [0.5, 0.6) is 0 Å². The number of aryl methyl sites for hydroxylation is 1. The van der Waals surface area contributed by atoms with Crippen LogP contribution in [0.3, 0.4) is 0 Å². The van der Waals surface area contributed by atoms with Crippen LogP contribution < -0.4 is 5.32 Å². The van der Waals surface area contributed by atoms with Crippen LogP contribution in [0, 0.1) is 0 Å². The average molecular weight is 385 g/mol. The molecule has 1 N–H and O–H groups in total. The molecule has 0 spiro atoms. The van der Waals surface area contributed by atoms with Crippen LogP contribution in [0.15, 0.2) is 36.4 Å². The minimum absolute atomic E-state index is 0.0873. The first-order valence-corrected chi connectivity index (χ1v) is 10.0. The van der Waals surface area contributed by atoms with Crippen LogP contribution in [-0.4, -0.2) is 44.9 Å². The molecule has 0 aliphatic heterocycles. The van der Waals surface area contributed by atoms with Crippen molar-refractivity contribution < 1.29 is 9.59 Å². The highest BCUT2D eigenvalue weighted by atomic mass is 16.2. The standard InChI is InChI=1S/C22H32N4O2/c1-6-10-21(27)23-14-9-13-20-24-18-11-7-8-12-19(18)25(20)15-22(28)26(16(2)3)17(4)5/h6-8,10-12,16-17H,9,13-15H2,1-5H3,(H,23,27)/b10-6-. The van der Waals surface area contributed by atoms with E-state index in [0.29, 0.717) is 13.0 Å². The third kappa shape index (κ3) is 5.44. The number of aromatic nitrogens is 2. The molecule has 0 bridgehead atoms. The van der Waals surface area contributed by atoms with E-state index in [1.807, 2.05) is 68.4 Å². The van der Waals surface area contributed by atoms with Crippen molar-refractivity contribution >= 4 is 22.8 Å². The van der Waals surface area contributed by atoms with E-state index >= 15 is 0 Å². The molecule has 0 unspecified atom stereocenters. The summed E-state index contributed by atoms with van der Waals surface area (Å²) in [7, 11) is 0. The van der Waals surface area contributed by atoms with Gasteiger partial charge in [0.1, 0.15) is 12.4 Å². The van der Waals surface area contributed by atoms with Gasteiger partial charge in [0.25, 0.3) is 0 Å². The van der Waals surface area contributed by atoms with Crippen molar-refractivity contribution in [2.45, 2.75) is 66.1 Å². The average Bonchev–Trinajstić information content (AvgIpc) is 2.96. The Morgan fingerprint density at radius 1 is 1.18 bits per heavy atom. The van der Waals surface area contributed by atoms with Crippen molar-refractivity contribution in [3.8, 4) is 0 Å². The number of carbonyl (C=O) groups is 2. The van der Waals surface area contributed by atoms with Crippen LogP contribution >= 0.6 is 0 Å². The number of fused-ring (bicyclic) bond motifs is 1. The van der Waals surface area contributed by atoms with Gasteiger partial charge in [0.15, 0.2) is 0 Å². The first-order valence-electron chi connectivity index (χ1n) is 10.0. The van der Waals surface area contributed by atoms with E-state index in [1.54, 1.807) is 6.08 Å². The SMILES string of the molecule is C/C=C\C(=O)NCCCc1nc2ccccc2n1CC(=O)N(C(C)C)C(C)C. The van der Waals surface area contributed by atoms with E-state index in [4.69, 9.17) is 4.98 Å². The summed E-state index contributed by atoms with van der Waals surface area (Å²) in [6, 6.07) is 8.18. The minimum Gasteiger partial charge on any atom is -0.353 e. The number of amides is 2. The van der Waals surface area contributed by atoms with Gasteiger partial charge in [-0.3, -0.25) is 9.59 Å². The van der Waals surface area contributed by atoms with E-state index in [-0.39, 0.29) is 30.4 Å². The molecular weight excluding hydrogens is 352 g/mol. The lowest BCUT2D eigenvalue weighted by Gasteiger charge is -2.31. The summed E-state index contributed by atoms with van der Waals surface area (Å²) < 4.78 is 2.02. The molecule has 6 heteroatoms. The summed E-state index contributed by atoms with van der Waals surface area (Å²) in [5.74, 6) is 0.883. The third-order valence-corrected chi connectivity index (χ3v) is 4.62. The van der Waals surface area contributed by atoms with Crippen LogP contribution in [0.2, 0.25) is 0 Å². The Morgan fingerprint density at radius 2 is 1.86 bits per heavy atom. The van der Waals surface area contributed by atoms with E-state index in [2.05, 4.69) is 5.32 Å². The Kier molecular flexibility index (Phi) is 7.79. The molecule has 1 aromatic heterocycles. The maximum absolute atomic E-state index is 13.0. The van der Waals surface area contributed by atoms with Crippen molar-refractivity contribution in [1.29, 1.82) is 0 Å². The van der Waals surface area contributed by atoms with Gasteiger partial charge < -0.3 is 14.8 Å². The predicted molar refractivity (Wildman–Crippen MR) is 113 cm³/mol. The minimum atomic E-state index is -0.0873. The number of nitrogens with one attached hydrogen (secondary N) is 1. The fourth-order valence-corrected chi connectivity index (χ4v) is 3.55. The summed E-state index contributed by atoms with van der Waals surface area (Å²) >= 11 is 0. The predicted octanol–water partition coefficient (Wildman–Crippen LogP) is 3.31. The second-order valence-electron chi connectivity index (χ2n) is 7.49. The molecule has 0 aliphatic rings. The number of nitrogens with zero attached hydrogens (tertiary/aromatic N) is 3. The molecule has 0 fully saturated rings. The van der Waals surface area contributed by atoms with Gasteiger partial charge in [-0.15, -0.1) is 0 Å². The van der Waals surface area contributed by atoms with Gasteiger partial charge in [0, 0.05) is 25.0 Å². The Balaban J connectivity index is 2.18. The van der Waals surface area contributed by atoms with Gasteiger partial charge >= 0.3 is 0 Å². The first kappa shape index (κ1) is 21.7. The normalized spacial score (nSPS) is 11.7. The van der Waals surface area contributed by atoms with Crippen molar-refractivity contribution in [1.82, 2.24) is 19.8 Å². The highest BCUT2D eigenvalue weighted by molar-refractivity contribution is 5.87. The zero-order valence-corrected chi connectivity index (χ0v) is 17.6. The Morgan fingerprint density at radius 3 is 2.50 bits per heavy atom. The molecule has 2 aromatic rings. The molecule has 0 atom stereocenters. The molecule has 0 aliphatic carbocycles. The third-order valence-electron chi connectivity index (χ3n) is 4.62. The maximum atomic E-state index is 13.0. The van der Waals surface area contributed by atoms with E-state index in [9.17, 15) is 9.59 Å². The summed E-state index contributed by atoms with van der Waals surface area (Å²) in [5, 5.41) is 2.86. The van der Waals surface area contributed by atoms with Gasteiger partial charge in [-0.05, 0) is 59.2 Å².